The first-order valence-electron chi connectivity index (χ1n) is 8.58. The topological polar surface area (TPSA) is 98.2 Å². The van der Waals surface area contributed by atoms with E-state index in [9.17, 15) is 8.42 Å². The summed E-state index contributed by atoms with van der Waals surface area (Å²) in [6, 6.07) is 19.6. The molecule has 0 saturated carbocycles. The van der Waals surface area contributed by atoms with Gasteiger partial charge in [-0.2, -0.15) is 4.98 Å². The molecule has 4 aromatic rings. The summed E-state index contributed by atoms with van der Waals surface area (Å²) in [5.41, 5.74) is 1.93. The smallest absolute Gasteiger partial charge is 0.238 e. The van der Waals surface area contributed by atoms with Crippen LogP contribution in [0.25, 0.3) is 11.6 Å². The molecule has 0 aliphatic carbocycles. The molecule has 0 spiro atoms. The zero-order valence-electron chi connectivity index (χ0n) is 14.8. The molecule has 2 heterocycles. The third-order valence-electron chi connectivity index (χ3n) is 4.03. The number of benzene rings is 2. The fourth-order valence-electron chi connectivity index (χ4n) is 2.77. The van der Waals surface area contributed by atoms with Crippen LogP contribution in [-0.4, -0.2) is 18.6 Å². The Morgan fingerprint density at radius 3 is 2.50 bits per heavy atom. The number of aromatic nitrogens is 2. The van der Waals surface area contributed by atoms with Crippen molar-refractivity contribution in [3.05, 3.63) is 90.0 Å². The molecule has 8 heteroatoms. The summed E-state index contributed by atoms with van der Waals surface area (Å²) in [7, 11) is -3.56. The summed E-state index contributed by atoms with van der Waals surface area (Å²) in [5.74, 6) is 1.11. The van der Waals surface area contributed by atoms with Crippen LogP contribution in [0.4, 0.5) is 5.69 Å². The molecule has 0 amide bonds. The minimum Gasteiger partial charge on any atom is -0.461 e. The van der Waals surface area contributed by atoms with Gasteiger partial charge in [-0.1, -0.05) is 53.7 Å². The Balaban J connectivity index is 1.52. The monoisotopic (exact) mass is 395 g/mol. The van der Waals surface area contributed by atoms with Gasteiger partial charge in [-0.25, -0.2) is 8.42 Å². The van der Waals surface area contributed by atoms with Gasteiger partial charge in [-0.05, 0) is 29.3 Å². The average molecular weight is 395 g/mol. The van der Waals surface area contributed by atoms with E-state index >= 15 is 0 Å². The lowest BCUT2D eigenvalue weighted by Gasteiger charge is -2.11. The molecule has 0 unspecified atom stereocenters. The maximum atomic E-state index is 12.6. The van der Waals surface area contributed by atoms with Crippen molar-refractivity contribution in [1.82, 2.24) is 10.1 Å². The predicted molar refractivity (Wildman–Crippen MR) is 104 cm³/mol. The van der Waals surface area contributed by atoms with Crippen molar-refractivity contribution in [1.29, 1.82) is 0 Å². The first-order valence-corrected chi connectivity index (χ1v) is 10.2. The minimum absolute atomic E-state index is 0.106. The number of para-hydroxylation sites is 1. The molecule has 2 aromatic carbocycles. The Kier molecular flexibility index (Phi) is 4.94. The van der Waals surface area contributed by atoms with E-state index < -0.39 is 10.0 Å². The first-order chi connectivity index (χ1) is 13.6. The van der Waals surface area contributed by atoms with Gasteiger partial charge in [0, 0.05) is 0 Å². The van der Waals surface area contributed by atoms with Gasteiger partial charge in [-0.3, -0.25) is 4.72 Å². The van der Waals surface area contributed by atoms with Crippen LogP contribution in [0.5, 0.6) is 0 Å². The van der Waals surface area contributed by atoms with Crippen LogP contribution < -0.4 is 4.72 Å². The van der Waals surface area contributed by atoms with Crippen LogP contribution in [-0.2, 0) is 22.2 Å². The van der Waals surface area contributed by atoms with Crippen molar-refractivity contribution in [2.24, 2.45) is 0 Å². The van der Waals surface area contributed by atoms with E-state index in [1.807, 2.05) is 30.3 Å². The normalized spacial score (nSPS) is 11.4. The highest BCUT2D eigenvalue weighted by Gasteiger charge is 2.16. The molecule has 7 nitrogen and oxygen atoms in total. The van der Waals surface area contributed by atoms with Crippen molar-refractivity contribution >= 4 is 15.7 Å². The van der Waals surface area contributed by atoms with Crippen LogP contribution >= 0.6 is 0 Å². The van der Waals surface area contributed by atoms with Gasteiger partial charge < -0.3 is 8.94 Å². The van der Waals surface area contributed by atoms with Crippen molar-refractivity contribution in [3.63, 3.8) is 0 Å². The zero-order valence-corrected chi connectivity index (χ0v) is 15.6. The summed E-state index contributed by atoms with van der Waals surface area (Å²) >= 11 is 0. The SMILES string of the molecule is O=S(=O)(Cc1ccccc1)Nc1ccccc1Cc1nc(-c2ccco2)no1. The van der Waals surface area contributed by atoms with Gasteiger partial charge in [0.05, 0.1) is 24.1 Å². The molecule has 0 aliphatic heterocycles. The lowest BCUT2D eigenvalue weighted by molar-refractivity contribution is 0.384. The van der Waals surface area contributed by atoms with Crippen molar-refractivity contribution in [2.45, 2.75) is 12.2 Å². The second-order valence-corrected chi connectivity index (χ2v) is 7.89. The van der Waals surface area contributed by atoms with Gasteiger partial charge in [0.25, 0.3) is 0 Å². The summed E-state index contributed by atoms with van der Waals surface area (Å²) < 4.78 is 38.3. The molecular weight excluding hydrogens is 378 g/mol. The van der Waals surface area contributed by atoms with Crippen LogP contribution in [0.1, 0.15) is 17.0 Å². The van der Waals surface area contributed by atoms with E-state index in [1.54, 1.807) is 36.4 Å². The Bertz CT molecular complexity index is 1150. The highest BCUT2D eigenvalue weighted by Crippen LogP contribution is 2.22. The minimum atomic E-state index is -3.56. The van der Waals surface area contributed by atoms with Crippen LogP contribution in [0.2, 0.25) is 0 Å². The second-order valence-electron chi connectivity index (χ2n) is 6.17. The van der Waals surface area contributed by atoms with Gasteiger partial charge in [-0.15, -0.1) is 0 Å². The molecular formula is C20H17N3O4S. The number of nitrogens with zero attached hydrogens (tertiary/aromatic N) is 2. The molecule has 0 bridgehead atoms. The maximum Gasteiger partial charge on any atom is 0.238 e. The third-order valence-corrected chi connectivity index (χ3v) is 5.28. The van der Waals surface area contributed by atoms with Crippen LogP contribution in [0.3, 0.4) is 0 Å². The number of furan rings is 1. The largest absolute Gasteiger partial charge is 0.461 e. The molecule has 0 radical (unpaired) electrons. The fourth-order valence-corrected chi connectivity index (χ4v) is 4.00. The number of sulfonamides is 1. The molecule has 142 valence electrons. The van der Waals surface area contributed by atoms with Gasteiger partial charge in [0.15, 0.2) is 5.76 Å². The summed E-state index contributed by atoms with van der Waals surface area (Å²) in [6.45, 7) is 0. The van der Waals surface area contributed by atoms with Gasteiger partial charge >= 0.3 is 0 Å². The lowest BCUT2D eigenvalue weighted by atomic mass is 10.1. The van der Waals surface area contributed by atoms with Gasteiger partial charge in [0.2, 0.25) is 21.7 Å². The van der Waals surface area contributed by atoms with E-state index in [2.05, 4.69) is 14.9 Å². The molecule has 0 saturated heterocycles. The first kappa shape index (κ1) is 18.0. The highest BCUT2D eigenvalue weighted by molar-refractivity contribution is 7.91. The Morgan fingerprint density at radius 2 is 1.71 bits per heavy atom. The molecule has 28 heavy (non-hydrogen) atoms. The number of hydrogen-bond acceptors (Lipinski definition) is 6. The van der Waals surface area contributed by atoms with E-state index in [0.29, 0.717) is 28.7 Å². The molecule has 4 rings (SSSR count). The summed E-state index contributed by atoms with van der Waals surface area (Å²) in [4.78, 5) is 4.30. The van der Waals surface area contributed by atoms with Crippen LogP contribution in [0.15, 0.2) is 81.9 Å². The number of nitrogens with one attached hydrogen (secondary N) is 1. The van der Waals surface area contributed by atoms with Crippen molar-refractivity contribution in [3.8, 4) is 11.6 Å². The Morgan fingerprint density at radius 1 is 0.929 bits per heavy atom. The Labute approximate surface area is 162 Å². The Hall–Kier alpha value is -3.39. The van der Waals surface area contributed by atoms with Crippen molar-refractivity contribution < 1.29 is 17.4 Å². The lowest BCUT2D eigenvalue weighted by Crippen LogP contribution is -2.16. The number of rotatable bonds is 7. The highest BCUT2D eigenvalue weighted by atomic mass is 32.2. The van der Waals surface area contributed by atoms with E-state index in [4.69, 9.17) is 8.94 Å². The van der Waals surface area contributed by atoms with Crippen LogP contribution in [0, 0.1) is 0 Å². The molecule has 0 aliphatic rings. The number of anilines is 1. The van der Waals surface area contributed by atoms with E-state index in [-0.39, 0.29) is 12.2 Å². The third kappa shape index (κ3) is 4.29. The molecule has 0 atom stereocenters. The summed E-state index contributed by atoms with van der Waals surface area (Å²) in [6.07, 6.45) is 1.82. The number of hydrogen-bond donors (Lipinski definition) is 1. The van der Waals surface area contributed by atoms with Crippen molar-refractivity contribution in [2.75, 3.05) is 4.72 Å². The summed E-state index contributed by atoms with van der Waals surface area (Å²) in [5, 5.41) is 3.90. The zero-order chi connectivity index (χ0) is 19.4. The molecule has 2 aromatic heterocycles. The maximum absolute atomic E-state index is 12.6. The quantitative estimate of drug-likeness (QED) is 0.510. The van der Waals surface area contributed by atoms with E-state index in [1.165, 1.54) is 6.26 Å². The fraction of sp³-hybridized carbons (Fsp3) is 0.100. The molecule has 0 fully saturated rings. The average Bonchev–Trinajstić information content (AvgIpc) is 3.35. The molecule has 1 N–H and O–H groups in total. The predicted octanol–water partition coefficient (Wildman–Crippen LogP) is 3.86. The standard InChI is InChI=1S/C20H17N3O4S/c24-28(25,14-15-7-2-1-3-8-15)23-17-10-5-4-9-16(17)13-19-21-20(22-27-19)18-11-6-12-26-18/h1-12,23H,13-14H2. The van der Waals surface area contributed by atoms with Gasteiger partial charge in [0.1, 0.15) is 0 Å². The van der Waals surface area contributed by atoms with E-state index in [0.717, 1.165) is 5.56 Å². The second kappa shape index (κ2) is 7.69.